The highest BCUT2D eigenvalue weighted by Gasteiger charge is 2.32. The fourth-order valence-corrected chi connectivity index (χ4v) is 5.02. The number of carbonyl (C=O) groups excluding carboxylic acids is 1. The summed E-state index contributed by atoms with van der Waals surface area (Å²) in [5.74, 6) is -0.332. The Morgan fingerprint density at radius 2 is 1.97 bits per heavy atom. The third-order valence-electron chi connectivity index (χ3n) is 4.72. The zero-order chi connectivity index (χ0) is 20.8. The molecule has 1 atom stereocenters. The minimum Gasteiger partial charge on any atom is -0.320 e. The molecule has 2 heterocycles. The van der Waals surface area contributed by atoms with Gasteiger partial charge in [0.1, 0.15) is 12.7 Å². The zero-order valence-electron chi connectivity index (χ0n) is 15.7. The summed E-state index contributed by atoms with van der Waals surface area (Å²) >= 11 is 6.10. The van der Waals surface area contributed by atoms with Gasteiger partial charge in [-0.3, -0.25) is 9.10 Å². The van der Waals surface area contributed by atoms with Crippen LogP contribution in [-0.2, 0) is 16.4 Å². The molecule has 1 aromatic heterocycles. The van der Waals surface area contributed by atoms with Gasteiger partial charge >= 0.3 is 0 Å². The van der Waals surface area contributed by atoms with Gasteiger partial charge in [-0.1, -0.05) is 11.6 Å². The lowest BCUT2D eigenvalue weighted by atomic mass is 10.1. The Morgan fingerprint density at radius 3 is 2.66 bits per heavy atom. The van der Waals surface area contributed by atoms with E-state index in [0.29, 0.717) is 34.1 Å². The maximum absolute atomic E-state index is 12.9. The van der Waals surface area contributed by atoms with Crippen molar-refractivity contribution in [2.45, 2.75) is 19.4 Å². The molecule has 1 unspecified atom stereocenters. The second-order valence-electron chi connectivity index (χ2n) is 6.91. The lowest BCUT2D eigenvalue weighted by Crippen LogP contribution is -2.34. The van der Waals surface area contributed by atoms with Crippen molar-refractivity contribution in [2.24, 2.45) is 0 Å². The molecule has 29 heavy (non-hydrogen) atoms. The van der Waals surface area contributed by atoms with Crippen molar-refractivity contribution in [1.82, 2.24) is 14.8 Å². The van der Waals surface area contributed by atoms with Crippen LogP contribution in [0.2, 0.25) is 5.02 Å². The molecule has 1 amide bonds. The standard InChI is InChI=1S/C19H18ClN5O3S/c1-12-7-14-8-13(3-5-17(14)25(12)29(2,27)28)19(26)23-16-9-15(20)4-6-18(16)24-11-21-10-22-24/h3-6,8-12H,7H2,1-2H3,(H,23,26). The summed E-state index contributed by atoms with van der Waals surface area (Å²) in [4.78, 5) is 16.8. The second kappa shape index (κ2) is 7.16. The van der Waals surface area contributed by atoms with Gasteiger partial charge in [0.25, 0.3) is 5.91 Å². The zero-order valence-corrected chi connectivity index (χ0v) is 17.3. The number of fused-ring (bicyclic) bond motifs is 1. The second-order valence-corrected chi connectivity index (χ2v) is 9.21. The summed E-state index contributed by atoms with van der Waals surface area (Å²) in [5.41, 5.74) is 2.97. The van der Waals surface area contributed by atoms with Crippen LogP contribution in [0.3, 0.4) is 0 Å². The van der Waals surface area contributed by atoms with E-state index >= 15 is 0 Å². The van der Waals surface area contributed by atoms with E-state index < -0.39 is 10.0 Å². The number of aromatic nitrogens is 3. The predicted molar refractivity (Wildman–Crippen MR) is 111 cm³/mol. The van der Waals surface area contributed by atoms with Gasteiger partial charge in [-0.2, -0.15) is 5.10 Å². The van der Waals surface area contributed by atoms with Gasteiger partial charge in [0, 0.05) is 16.6 Å². The molecule has 1 aliphatic heterocycles. The van der Waals surface area contributed by atoms with Crippen molar-refractivity contribution in [3.63, 3.8) is 0 Å². The molecule has 2 aromatic carbocycles. The van der Waals surface area contributed by atoms with E-state index in [2.05, 4.69) is 15.4 Å². The third-order valence-corrected chi connectivity index (χ3v) is 6.23. The molecule has 0 saturated heterocycles. The molecule has 8 nitrogen and oxygen atoms in total. The van der Waals surface area contributed by atoms with Gasteiger partial charge in [0.05, 0.1) is 23.3 Å². The molecule has 0 bridgehead atoms. The van der Waals surface area contributed by atoms with E-state index in [-0.39, 0.29) is 11.9 Å². The highest BCUT2D eigenvalue weighted by atomic mass is 35.5. The van der Waals surface area contributed by atoms with Crippen LogP contribution in [0.15, 0.2) is 49.1 Å². The number of carbonyl (C=O) groups is 1. The Morgan fingerprint density at radius 1 is 1.21 bits per heavy atom. The molecule has 0 saturated carbocycles. The van der Waals surface area contributed by atoms with E-state index in [1.807, 2.05) is 6.92 Å². The van der Waals surface area contributed by atoms with Gasteiger partial charge in [-0.05, 0) is 55.3 Å². The normalized spacial score (nSPS) is 16.0. The highest BCUT2D eigenvalue weighted by molar-refractivity contribution is 7.92. The predicted octanol–water partition coefficient (Wildman–Crippen LogP) is 2.88. The summed E-state index contributed by atoms with van der Waals surface area (Å²) in [5, 5.41) is 7.42. The smallest absolute Gasteiger partial charge is 0.255 e. The van der Waals surface area contributed by atoms with Crippen molar-refractivity contribution in [3.8, 4) is 5.69 Å². The van der Waals surface area contributed by atoms with E-state index in [9.17, 15) is 13.2 Å². The molecule has 0 radical (unpaired) electrons. The molecular weight excluding hydrogens is 414 g/mol. The number of hydrogen-bond donors (Lipinski definition) is 1. The summed E-state index contributed by atoms with van der Waals surface area (Å²) in [6.45, 7) is 1.84. The van der Waals surface area contributed by atoms with Crippen LogP contribution >= 0.6 is 11.6 Å². The lowest BCUT2D eigenvalue weighted by molar-refractivity contribution is 0.102. The summed E-state index contributed by atoms with van der Waals surface area (Å²) in [6.07, 6.45) is 4.65. The number of rotatable bonds is 4. The van der Waals surface area contributed by atoms with Crippen LogP contribution in [0.5, 0.6) is 0 Å². The average Bonchev–Trinajstić information content (AvgIpc) is 3.27. The number of amides is 1. The molecular formula is C19H18ClN5O3S. The molecule has 4 rings (SSSR count). The summed E-state index contributed by atoms with van der Waals surface area (Å²) in [7, 11) is -3.38. The first-order valence-electron chi connectivity index (χ1n) is 8.82. The highest BCUT2D eigenvalue weighted by Crippen LogP contribution is 2.35. The topological polar surface area (TPSA) is 97.2 Å². The van der Waals surface area contributed by atoms with E-state index in [0.717, 1.165) is 5.56 Å². The fraction of sp³-hybridized carbons (Fsp3) is 0.211. The molecule has 0 spiro atoms. The molecule has 150 valence electrons. The van der Waals surface area contributed by atoms with Crippen molar-refractivity contribution in [2.75, 3.05) is 15.9 Å². The molecule has 1 aliphatic rings. The van der Waals surface area contributed by atoms with E-state index in [4.69, 9.17) is 11.6 Å². The van der Waals surface area contributed by atoms with Crippen molar-refractivity contribution >= 4 is 38.9 Å². The largest absolute Gasteiger partial charge is 0.320 e. The van der Waals surface area contributed by atoms with Gasteiger partial charge in [0.15, 0.2) is 0 Å². The van der Waals surface area contributed by atoms with Crippen LogP contribution in [0.1, 0.15) is 22.8 Å². The summed E-state index contributed by atoms with van der Waals surface area (Å²) < 4.78 is 27.1. The van der Waals surface area contributed by atoms with Gasteiger partial charge in [-0.25, -0.2) is 18.1 Å². The summed E-state index contributed by atoms with van der Waals surface area (Å²) in [6, 6.07) is 9.90. The first-order valence-corrected chi connectivity index (χ1v) is 11.0. The number of halogens is 1. The molecule has 0 fully saturated rings. The molecule has 3 aromatic rings. The molecule has 0 aliphatic carbocycles. The molecule has 10 heteroatoms. The Kier molecular flexibility index (Phi) is 4.79. The van der Waals surface area contributed by atoms with Crippen LogP contribution in [0, 0.1) is 0 Å². The Hall–Kier alpha value is -2.91. The van der Waals surface area contributed by atoms with Crippen LogP contribution < -0.4 is 9.62 Å². The Labute approximate surface area is 173 Å². The van der Waals surface area contributed by atoms with Crippen molar-refractivity contribution < 1.29 is 13.2 Å². The third kappa shape index (κ3) is 3.70. The SMILES string of the molecule is CC1Cc2cc(C(=O)Nc3cc(Cl)ccc3-n3cncn3)ccc2N1S(C)(=O)=O. The minimum absolute atomic E-state index is 0.190. The van der Waals surface area contributed by atoms with E-state index in [1.165, 1.54) is 27.9 Å². The average molecular weight is 432 g/mol. The minimum atomic E-state index is -3.38. The van der Waals surface area contributed by atoms with Crippen LogP contribution in [-0.4, -0.2) is 41.4 Å². The Balaban J connectivity index is 1.65. The lowest BCUT2D eigenvalue weighted by Gasteiger charge is -2.22. The van der Waals surface area contributed by atoms with Gasteiger partial charge in [-0.15, -0.1) is 0 Å². The first kappa shape index (κ1) is 19.4. The van der Waals surface area contributed by atoms with Gasteiger partial charge < -0.3 is 5.32 Å². The maximum Gasteiger partial charge on any atom is 0.255 e. The van der Waals surface area contributed by atoms with Crippen LogP contribution in [0.25, 0.3) is 5.69 Å². The number of benzene rings is 2. The first-order chi connectivity index (χ1) is 13.7. The van der Waals surface area contributed by atoms with Crippen molar-refractivity contribution in [1.29, 1.82) is 0 Å². The van der Waals surface area contributed by atoms with Crippen molar-refractivity contribution in [3.05, 3.63) is 65.2 Å². The number of anilines is 2. The Bertz CT molecular complexity index is 1190. The molecule has 1 N–H and O–H groups in total. The monoisotopic (exact) mass is 431 g/mol. The number of nitrogens with one attached hydrogen (secondary N) is 1. The van der Waals surface area contributed by atoms with E-state index in [1.54, 1.807) is 36.4 Å². The van der Waals surface area contributed by atoms with Crippen LogP contribution in [0.4, 0.5) is 11.4 Å². The maximum atomic E-state index is 12.9. The fourth-order valence-electron chi connectivity index (χ4n) is 3.58. The van der Waals surface area contributed by atoms with Gasteiger partial charge in [0.2, 0.25) is 10.0 Å². The number of hydrogen-bond acceptors (Lipinski definition) is 5. The number of nitrogens with zero attached hydrogens (tertiary/aromatic N) is 4. The quantitative estimate of drug-likeness (QED) is 0.685. The number of sulfonamides is 1.